The average molecular weight is 287 g/mol. The van der Waals surface area contributed by atoms with Crippen molar-refractivity contribution in [2.45, 2.75) is 19.9 Å². The number of hydrogen-bond acceptors (Lipinski definition) is 2. The fourth-order valence-corrected chi connectivity index (χ4v) is 2.04. The third-order valence-electron chi connectivity index (χ3n) is 3.15. The van der Waals surface area contributed by atoms with Gasteiger partial charge in [-0.3, -0.25) is 4.79 Å². The maximum Gasteiger partial charge on any atom is 0.255 e. The Labute approximate surface area is 123 Å². The van der Waals surface area contributed by atoms with Gasteiger partial charge >= 0.3 is 0 Å². The Balaban J connectivity index is 2.12. The van der Waals surface area contributed by atoms with E-state index in [0.29, 0.717) is 17.9 Å². The van der Waals surface area contributed by atoms with Crippen molar-refractivity contribution in [3.8, 4) is 5.75 Å². The van der Waals surface area contributed by atoms with Crippen LogP contribution in [0.3, 0.4) is 0 Å². The van der Waals surface area contributed by atoms with Gasteiger partial charge in [0.05, 0.1) is 18.2 Å². The highest BCUT2D eigenvalue weighted by Gasteiger charge is 2.15. The molecule has 0 aliphatic carbocycles. The molecule has 0 saturated carbocycles. The number of halogens is 1. The van der Waals surface area contributed by atoms with Crippen molar-refractivity contribution in [2.24, 2.45) is 0 Å². The lowest BCUT2D eigenvalue weighted by Gasteiger charge is -2.16. The van der Waals surface area contributed by atoms with Crippen LogP contribution in [0, 0.1) is 5.82 Å². The topological polar surface area (TPSA) is 38.3 Å². The van der Waals surface area contributed by atoms with Crippen LogP contribution in [-0.2, 0) is 0 Å². The summed E-state index contributed by atoms with van der Waals surface area (Å²) in [6, 6.07) is 13.0. The Kier molecular flexibility index (Phi) is 4.93. The van der Waals surface area contributed by atoms with E-state index in [1.807, 2.05) is 19.9 Å². The van der Waals surface area contributed by atoms with Gasteiger partial charge in [0.15, 0.2) is 0 Å². The van der Waals surface area contributed by atoms with Crippen LogP contribution in [0.5, 0.6) is 5.75 Å². The highest BCUT2D eigenvalue weighted by molar-refractivity contribution is 5.97. The van der Waals surface area contributed by atoms with Gasteiger partial charge in [-0.05, 0) is 43.7 Å². The molecule has 0 unspecified atom stereocenters. The molecule has 21 heavy (non-hydrogen) atoms. The van der Waals surface area contributed by atoms with E-state index in [0.717, 1.165) is 5.56 Å². The minimum Gasteiger partial charge on any atom is -0.493 e. The lowest BCUT2D eigenvalue weighted by Crippen LogP contribution is -2.27. The van der Waals surface area contributed by atoms with Crippen LogP contribution in [-0.4, -0.2) is 12.5 Å². The fourth-order valence-electron chi connectivity index (χ4n) is 2.04. The van der Waals surface area contributed by atoms with Gasteiger partial charge in [0.1, 0.15) is 11.6 Å². The van der Waals surface area contributed by atoms with Crippen molar-refractivity contribution in [2.75, 3.05) is 6.61 Å². The molecule has 3 nitrogen and oxygen atoms in total. The summed E-state index contributed by atoms with van der Waals surface area (Å²) < 4.78 is 18.4. The first-order valence-corrected chi connectivity index (χ1v) is 6.90. The van der Waals surface area contributed by atoms with Crippen LogP contribution in [0.25, 0.3) is 0 Å². The van der Waals surface area contributed by atoms with Gasteiger partial charge in [-0.15, -0.1) is 0 Å². The molecule has 0 bridgehead atoms. The van der Waals surface area contributed by atoms with Gasteiger partial charge in [-0.25, -0.2) is 4.39 Å². The first-order valence-electron chi connectivity index (χ1n) is 6.90. The first kappa shape index (κ1) is 15.0. The van der Waals surface area contributed by atoms with Crippen LogP contribution < -0.4 is 10.1 Å². The molecule has 1 atom stereocenters. The van der Waals surface area contributed by atoms with Crippen molar-refractivity contribution in [1.29, 1.82) is 0 Å². The van der Waals surface area contributed by atoms with Gasteiger partial charge < -0.3 is 10.1 Å². The lowest BCUT2D eigenvalue weighted by molar-refractivity contribution is 0.0936. The van der Waals surface area contributed by atoms with E-state index in [1.54, 1.807) is 30.3 Å². The molecule has 0 aromatic heterocycles. The van der Waals surface area contributed by atoms with E-state index in [-0.39, 0.29) is 17.8 Å². The van der Waals surface area contributed by atoms with E-state index in [2.05, 4.69) is 5.32 Å². The van der Waals surface area contributed by atoms with Gasteiger partial charge in [-0.1, -0.05) is 24.3 Å². The molecular weight excluding hydrogens is 269 g/mol. The molecule has 0 fully saturated rings. The van der Waals surface area contributed by atoms with Crippen molar-refractivity contribution >= 4 is 5.91 Å². The second-order valence-corrected chi connectivity index (χ2v) is 4.68. The average Bonchev–Trinajstić information content (AvgIpc) is 2.48. The molecule has 0 radical (unpaired) electrons. The summed E-state index contributed by atoms with van der Waals surface area (Å²) in [6.07, 6.45) is 0. The molecule has 2 aromatic rings. The fraction of sp³-hybridized carbons (Fsp3) is 0.235. The van der Waals surface area contributed by atoms with Gasteiger partial charge in [0.25, 0.3) is 5.91 Å². The summed E-state index contributed by atoms with van der Waals surface area (Å²) in [7, 11) is 0. The number of para-hydroxylation sites is 1. The molecule has 2 aromatic carbocycles. The number of benzene rings is 2. The van der Waals surface area contributed by atoms with E-state index < -0.39 is 0 Å². The number of ether oxygens (including phenoxy) is 1. The second kappa shape index (κ2) is 6.88. The molecule has 4 heteroatoms. The molecule has 1 amide bonds. The normalized spacial score (nSPS) is 11.8. The molecule has 0 aliphatic rings. The zero-order valence-electron chi connectivity index (χ0n) is 12.1. The van der Waals surface area contributed by atoms with Crippen LogP contribution in [0.4, 0.5) is 4.39 Å². The standard InChI is InChI=1S/C17H18FNO2/c1-3-21-16-7-5-4-6-15(16)17(20)19-12(2)13-8-10-14(18)11-9-13/h4-12H,3H2,1-2H3,(H,19,20)/t12-/m0/s1. The largest absolute Gasteiger partial charge is 0.493 e. The highest BCUT2D eigenvalue weighted by Crippen LogP contribution is 2.20. The summed E-state index contributed by atoms with van der Waals surface area (Å²) in [5, 5.41) is 2.89. The van der Waals surface area contributed by atoms with E-state index in [1.165, 1.54) is 12.1 Å². The van der Waals surface area contributed by atoms with Crippen molar-refractivity contribution in [3.05, 3.63) is 65.5 Å². The molecule has 110 valence electrons. The predicted octanol–water partition coefficient (Wildman–Crippen LogP) is 3.72. The van der Waals surface area contributed by atoms with Crippen molar-refractivity contribution in [3.63, 3.8) is 0 Å². The molecular formula is C17H18FNO2. The third kappa shape index (κ3) is 3.81. The maximum atomic E-state index is 12.9. The summed E-state index contributed by atoms with van der Waals surface area (Å²) in [4.78, 5) is 12.3. The quantitative estimate of drug-likeness (QED) is 0.910. The minimum atomic E-state index is -0.293. The zero-order valence-corrected chi connectivity index (χ0v) is 12.1. The van der Waals surface area contributed by atoms with Crippen LogP contribution >= 0.6 is 0 Å². The summed E-state index contributed by atoms with van der Waals surface area (Å²) in [6.45, 7) is 4.22. The number of rotatable bonds is 5. The Morgan fingerprint density at radius 2 is 1.86 bits per heavy atom. The Morgan fingerprint density at radius 1 is 1.19 bits per heavy atom. The number of hydrogen-bond donors (Lipinski definition) is 1. The first-order chi connectivity index (χ1) is 10.1. The predicted molar refractivity (Wildman–Crippen MR) is 79.9 cm³/mol. The molecule has 0 heterocycles. The number of carbonyl (C=O) groups excluding carboxylic acids is 1. The number of carbonyl (C=O) groups is 1. The number of amides is 1. The lowest BCUT2D eigenvalue weighted by atomic mass is 10.1. The van der Waals surface area contributed by atoms with Crippen LogP contribution in [0.15, 0.2) is 48.5 Å². The van der Waals surface area contributed by atoms with Gasteiger partial charge in [0.2, 0.25) is 0 Å². The second-order valence-electron chi connectivity index (χ2n) is 4.68. The summed E-state index contributed by atoms with van der Waals surface area (Å²) in [5.74, 6) is 0.0543. The monoisotopic (exact) mass is 287 g/mol. The molecule has 0 aliphatic heterocycles. The van der Waals surface area contributed by atoms with E-state index in [4.69, 9.17) is 4.74 Å². The molecule has 1 N–H and O–H groups in total. The smallest absolute Gasteiger partial charge is 0.255 e. The Bertz CT molecular complexity index is 610. The van der Waals surface area contributed by atoms with Gasteiger partial charge in [0, 0.05) is 0 Å². The van der Waals surface area contributed by atoms with E-state index >= 15 is 0 Å². The van der Waals surface area contributed by atoms with E-state index in [9.17, 15) is 9.18 Å². The number of nitrogens with one attached hydrogen (secondary N) is 1. The summed E-state index contributed by atoms with van der Waals surface area (Å²) >= 11 is 0. The van der Waals surface area contributed by atoms with Gasteiger partial charge in [-0.2, -0.15) is 0 Å². The Morgan fingerprint density at radius 3 is 2.52 bits per heavy atom. The molecule has 2 rings (SSSR count). The van der Waals surface area contributed by atoms with Crippen LogP contribution in [0.1, 0.15) is 35.8 Å². The SMILES string of the molecule is CCOc1ccccc1C(=O)N[C@@H](C)c1ccc(F)cc1. The zero-order chi connectivity index (χ0) is 15.2. The van der Waals surface area contributed by atoms with Crippen molar-refractivity contribution < 1.29 is 13.9 Å². The Hall–Kier alpha value is -2.36. The highest BCUT2D eigenvalue weighted by atomic mass is 19.1. The maximum absolute atomic E-state index is 12.9. The third-order valence-corrected chi connectivity index (χ3v) is 3.15. The molecule has 0 spiro atoms. The van der Waals surface area contributed by atoms with Crippen LogP contribution in [0.2, 0.25) is 0 Å². The minimum absolute atomic E-state index is 0.212. The van der Waals surface area contributed by atoms with Crippen molar-refractivity contribution in [1.82, 2.24) is 5.32 Å². The molecule has 0 saturated heterocycles. The summed E-state index contributed by atoms with van der Waals surface area (Å²) in [5.41, 5.74) is 1.34.